The third-order valence-electron chi connectivity index (χ3n) is 3.42. The van der Waals surface area contributed by atoms with E-state index in [4.69, 9.17) is 0 Å². The lowest BCUT2D eigenvalue weighted by molar-refractivity contribution is 0.245. The van der Waals surface area contributed by atoms with E-state index >= 15 is 0 Å². The van der Waals surface area contributed by atoms with E-state index < -0.39 is 11.6 Å². The van der Waals surface area contributed by atoms with Gasteiger partial charge in [0.1, 0.15) is 11.6 Å². The Hall–Kier alpha value is -1.26. The van der Waals surface area contributed by atoms with Gasteiger partial charge in [0.15, 0.2) is 0 Å². The van der Waals surface area contributed by atoms with Crippen LogP contribution in [0.15, 0.2) is 24.3 Å². The molecule has 1 fully saturated rings. The number of rotatable bonds is 4. The summed E-state index contributed by atoms with van der Waals surface area (Å²) in [5.41, 5.74) is 1.55. The van der Waals surface area contributed by atoms with Crippen molar-refractivity contribution in [1.29, 1.82) is 0 Å². The van der Waals surface area contributed by atoms with Crippen LogP contribution < -0.4 is 5.32 Å². The first-order valence-corrected chi connectivity index (χ1v) is 6.71. The van der Waals surface area contributed by atoms with Gasteiger partial charge in [0.25, 0.3) is 0 Å². The zero-order chi connectivity index (χ0) is 13.7. The van der Waals surface area contributed by atoms with Gasteiger partial charge in [-0.05, 0) is 36.6 Å². The third-order valence-corrected chi connectivity index (χ3v) is 3.42. The number of benzene rings is 1. The molecule has 1 aromatic rings. The van der Waals surface area contributed by atoms with E-state index in [1.807, 2.05) is 6.92 Å². The molecule has 2 rings (SSSR count). The number of hydrogen-bond acceptors (Lipinski definition) is 2. The minimum Gasteiger partial charge on any atom is -0.314 e. The molecule has 1 N–H and O–H groups in total. The van der Waals surface area contributed by atoms with Crippen molar-refractivity contribution in [2.75, 3.05) is 32.7 Å². The molecule has 0 bridgehead atoms. The lowest BCUT2D eigenvalue weighted by Gasteiger charge is -2.26. The second kappa shape index (κ2) is 6.78. The zero-order valence-corrected chi connectivity index (χ0v) is 11.3. The van der Waals surface area contributed by atoms with Crippen molar-refractivity contribution >= 4 is 5.57 Å². The summed E-state index contributed by atoms with van der Waals surface area (Å²) in [4.78, 5) is 2.40. The minimum atomic E-state index is -0.523. The Balaban J connectivity index is 1.90. The monoisotopic (exact) mass is 266 g/mol. The third kappa shape index (κ3) is 4.40. The van der Waals surface area contributed by atoms with Crippen molar-refractivity contribution in [2.24, 2.45) is 0 Å². The van der Waals surface area contributed by atoms with Crippen LogP contribution in [-0.4, -0.2) is 37.6 Å². The van der Waals surface area contributed by atoms with E-state index in [0.717, 1.165) is 50.8 Å². The molecule has 0 atom stereocenters. The van der Waals surface area contributed by atoms with Crippen molar-refractivity contribution in [3.63, 3.8) is 0 Å². The van der Waals surface area contributed by atoms with Crippen LogP contribution in [0.25, 0.3) is 5.57 Å². The maximum Gasteiger partial charge on any atom is 0.126 e. The van der Waals surface area contributed by atoms with E-state index in [9.17, 15) is 8.78 Å². The summed E-state index contributed by atoms with van der Waals surface area (Å²) >= 11 is 0. The quantitative estimate of drug-likeness (QED) is 0.901. The normalized spacial score (nSPS) is 17.7. The summed E-state index contributed by atoms with van der Waals surface area (Å²) < 4.78 is 26.2. The summed E-state index contributed by atoms with van der Waals surface area (Å²) in [6, 6.07) is 3.65. The van der Waals surface area contributed by atoms with E-state index in [1.165, 1.54) is 12.1 Å². The van der Waals surface area contributed by atoms with Crippen LogP contribution in [0.3, 0.4) is 0 Å². The van der Waals surface area contributed by atoms with Crippen LogP contribution in [0.2, 0.25) is 0 Å². The fourth-order valence-electron chi connectivity index (χ4n) is 2.30. The number of halogens is 2. The lowest BCUT2D eigenvalue weighted by Crippen LogP contribution is -2.43. The maximum absolute atomic E-state index is 13.1. The molecule has 0 spiro atoms. The van der Waals surface area contributed by atoms with Crippen molar-refractivity contribution < 1.29 is 8.78 Å². The first-order chi connectivity index (χ1) is 9.15. The molecular weight excluding hydrogens is 246 g/mol. The molecule has 2 nitrogen and oxygen atoms in total. The van der Waals surface area contributed by atoms with E-state index in [2.05, 4.69) is 16.3 Å². The first-order valence-electron chi connectivity index (χ1n) is 6.71. The van der Waals surface area contributed by atoms with Crippen molar-refractivity contribution in [1.82, 2.24) is 10.2 Å². The Morgan fingerprint density at radius 1 is 1.21 bits per heavy atom. The number of nitrogens with zero attached hydrogens (tertiary/aromatic N) is 1. The molecule has 104 valence electrons. The zero-order valence-electron chi connectivity index (χ0n) is 11.3. The van der Waals surface area contributed by atoms with Gasteiger partial charge in [0.05, 0.1) is 0 Å². The topological polar surface area (TPSA) is 15.3 Å². The molecular formula is C15H20F2N2. The number of piperazine rings is 1. The first kappa shape index (κ1) is 14.2. The van der Waals surface area contributed by atoms with Crippen LogP contribution in [0.1, 0.15) is 18.9 Å². The Kier molecular flexibility index (Phi) is 5.05. The summed E-state index contributed by atoms with van der Waals surface area (Å²) in [6.45, 7) is 7.11. The van der Waals surface area contributed by atoms with E-state index in [-0.39, 0.29) is 0 Å². The number of nitrogens with one attached hydrogen (secondary N) is 1. The van der Waals surface area contributed by atoms with Crippen LogP contribution in [-0.2, 0) is 0 Å². The molecule has 19 heavy (non-hydrogen) atoms. The van der Waals surface area contributed by atoms with Crippen molar-refractivity contribution in [3.05, 3.63) is 41.5 Å². The smallest absolute Gasteiger partial charge is 0.126 e. The maximum atomic E-state index is 13.1. The predicted molar refractivity (Wildman–Crippen MR) is 73.9 cm³/mol. The standard InChI is InChI=1S/C15H20F2N2/c1-12(13-9-14(16)11-15(17)10-13)3-2-6-19-7-4-18-5-8-19/h3,9-11,18H,2,4-8H2,1H3/b12-3+. The van der Waals surface area contributed by atoms with Gasteiger partial charge in [-0.3, -0.25) is 0 Å². The highest BCUT2D eigenvalue weighted by Crippen LogP contribution is 2.17. The molecule has 0 unspecified atom stereocenters. The van der Waals surface area contributed by atoms with Gasteiger partial charge in [0, 0.05) is 38.8 Å². The summed E-state index contributed by atoms with van der Waals surface area (Å²) in [7, 11) is 0. The molecule has 0 amide bonds. The lowest BCUT2D eigenvalue weighted by atomic mass is 10.1. The minimum absolute atomic E-state index is 0.523. The SMILES string of the molecule is C/C(=C\CCN1CCNCC1)c1cc(F)cc(F)c1. The van der Waals surface area contributed by atoms with Gasteiger partial charge in [-0.25, -0.2) is 8.78 Å². The van der Waals surface area contributed by atoms with Crippen molar-refractivity contribution in [2.45, 2.75) is 13.3 Å². The predicted octanol–water partition coefficient (Wildman–Crippen LogP) is 2.66. The van der Waals surface area contributed by atoms with Gasteiger partial charge in [-0.15, -0.1) is 0 Å². The molecule has 1 heterocycles. The summed E-state index contributed by atoms with van der Waals surface area (Å²) in [5.74, 6) is -1.05. The van der Waals surface area contributed by atoms with Crippen molar-refractivity contribution in [3.8, 4) is 0 Å². The molecule has 1 saturated heterocycles. The van der Waals surface area contributed by atoms with Gasteiger partial charge in [0.2, 0.25) is 0 Å². The average molecular weight is 266 g/mol. The molecule has 1 aromatic carbocycles. The summed E-state index contributed by atoms with van der Waals surface area (Å²) in [6.07, 6.45) is 2.96. The molecule has 1 aliphatic heterocycles. The van der Waals surface area contributed by atoms with E-state index in [0.29, 0.717) is 5.56 Å². The largest absolute Gasteiger partial charge is 0.314 e. The second-order valence-electron chi connectivity index (χ2n) is 4.93. The van der Waals surface area contributed by atoms with Gasteiger partial charge in [-0.1, -0.05) is 6.08 Å². The van der Waals surface area contributed by atoms with Crippen LogP contribution in [0.4, 0.5) is 8.78 Å². The van der Waals surface area contributed by atoms with E-state index in [1.54, 1.807) is 0 Å². The molecule has 4 heteroatoms. The molecule has 1 aliphatic rings. The Bertz CT molecular complexity index is 431. The Morgan fingerprint density at radius 3 is 2.47 bits per heavy atom. The fourth-order valence-corrected chi connectivity index (χ4v) is 2.30. The average Bonchev–Trinajstić information content (AvgIpc) is 2.38. The summed E-state index contributed by atoms with van der Waals surface area (Å²) in [5, 5.41) is 3.31. The molecule has 0 saturated carbocycles. The van der Waals surface area contributed by atoms with Gasteiger partial charge < -0.3 is 10.2 Å². The van der Waals surface area contributed by atoms with Gasteiger partial charge >= 0.3 is 0 Å². The second-order valence-corrected chi connectivity index (χ2v) is 4.93. The van der Waals surface area contributed by atoms with Crippen LogP contribution in [0.5, 0.6) is 0 Å². The van der Waals surface area contributed by atoms with Crippen LogP contribution in [0, 0.1) is 11.6 Å². The number of hydrogen-bond donors (Lipinski definition) is 1. The Labute approximate surface area is 113 Å². The number of allylic oxidation sites excluding steroid dienone is 1. The highest BCUT2D eigenvalue weighted by molar-refractivity contribution is 5.63. The molecule has 0 aromatic heterocycles. The molecule has 0 aliphatic carbocycles. The highest BCUT2D eigenvalue weighted by atomic mass is 19.1. The van der Waals surface area contributed by atoms with Crippen LogP contribution >= 0.6 is 0 Å². The fraction of sp³-hybridized carbons (Fsp3) is 0.467. The van der Waals surface area contributed by atoms with Gasteiger partial charge in [-0.2, -0.15) is 0 Å². The Morgan fingerprint density at radius 2 is 1.84 bits per heavy atom. The molecule has 0 radical (unpaired) electrons. The highest BCUT2D eigenvalue weighted by Gasteiger charge is 2.08.